The minimum atomic E-state index is -0.228. The molecule has 1 saturated heterocycles. The van der Waals surface area contributed by atoms with Gasteiger partial charge in [-0.05, 0) is 49.2 Å². The fraction of sp³-hybridized carbons (Fsp3) is 0.400. The van der Waals surface area contributed by atoms with Gasteiger partial charge in [-0.15, -0.1) is 0 Å². The Kier molecular flexibility index (Phi) is 5.34. The van der Waals surface area contributed by atoms with Crippen LogP contribution in [-0.2, 0) is 9.59 Å². The maximum Gasteiger partial charge on any atom is 0.234 e. The van der Waals surface area contributed by atoms with E-state index in [1.807, 2.05) is 25.1 Å². The molecule has 0 aliphatic carbocycles. The molecule has 0 spiro atoms. The Labute approximate surface area is 148 Å². The van der Waals surface area contributed by atoms with Crippen LogP contribution in [0.15, 0.2) is 42.5 Å². The van der Waals surface area contributed by atoms with E-state index in [9.17, 15) is 9.59 Å². The zero-order chi connectivity index (χ0) is 17.8. The first kappa shape index (κ1) is 17.4. The normalized spacial score (nSPS) is 17.3. The number of rotatable bonds is 5. The van der Waals surface area contributed by atoms with Gasteiger partial charge < -0.3 is 11.1 Å². The summed E-state index contributed by atoms with van der Waals surface area (Å²) >= 11 is 0. The van der Waals surface area contributed by atoms with Gasteiger partial charge in [-0.2, -0.15) is 0 Å². The van der Waals surface area contributed by atoms with Gasteiger partial charge in [0.15, 0.2) is 0 Å². The van der Waals surface area contributed by atoms with Crippen LogP contribution in [0.25, 0.3) is 10.8 Å². The minimum Gasteiger partial charge on any atom is -0.369 e. The quantitative estimate of drug-likeness (QED) is 0.877. The number of primary amides is 1. The van der Waals surface area contributed by atoms with Crippen molar-refractivity contribution in [3.63, 3.8) is 0 Å². The van der Waals surface area contributed by atoms with Gasteiger partial charge >= 0.3 is 0 Å². The minimum absolute atomic E-state index is 0.0120. The van der Waals surface area contributed by atoms with E-state index in [0.29, 0.717) is 6.54 Å². The van der Waals surface area contributed by atoms with E-state index in [-0.39, 0.29) is 23.8 Å². The number of nitrogens with two attached hydrogens (primary N) is 1. The van der Waals surface area contributed by atoms with Gasteiger partial charge in [0.25, 0.3) is 0 Å². The highest BCUT2D eigenvalue weighted by Gasteiger charge is 2.24. The predicted molar refractivity (Wildman–Crippen MR) is 98.9 cm³/mol. The number of benzene rings is 2. The van der Waals surface area contributed by atoms with Crippen molar-refractivity contribution in [2.24, 2.45) is 11.7 Å². The molecule has 2 amide bonds. The first-order chi connectivity index (χ1) is 12.0. The molecule has 1 aliphatic heterocycles. The first-order valence-corrected chi connectivity index (χ1v) is 8.83. The second kappa shape index (κ2) is 7.66. The van der Waals surface area contributed by atoms with Crippen molar-refractivity contribution in [1.29, 1.82) is 0 Å². The van der Waals surface area contributed by atoms with Crippen molar-refractivity contribution >= 4 is 22.6 Å². The van der Waals surface area contributed by atoms with Crippen LogP contribution in [0.1, 0.15) is 31.4 Å². The standard InChI is InChI=1S/C20H25N3O2/c1-14(17-8-4-6-15-5-2-3-7-18(15)17)22-19(24)13-23-11-9-16(10-12-23)20(21)25/h2-8,14,16H,9-13H2,1H3,(H2,21,25)(H,22,24). The topological polar surface area (TPSA) is 75.4 Å². The number of likely N-dealkylation sites (tertiary alicyclic amines) is 1. The average Bonchev–Trinajstić information content (AvgIpc) is 2.61. The SMILES string of the molecule is CC(NC(=O)CN1CCC(C(N)=O)CC1)c1cccc2ccccc12. The molecular formula is C20H25N3O2. The molecule has 0 radical (unpaired) electrons. The number of carbonyl (C=O) groups excluding carboxylic acids is 2. The summed E-state index contributed by atoms with van der Waals surface area (Å²) in [5.41, 5.74) is 6.48. The zero-order valence-corrected chi connectivity index (χ0v) is 14.6. The van der Waals surface area contributed by atoms with Gasteiger partial charge in [0.05, 0.1) is 12.6 Å². The number of carbonyl (C=O) groups is 2. The average molecular weight is 339 g/mol. The molecule has 132 valence electrons. The highest BCUT2D eigenvalue weighted by Crippen LogP contribution is 2.24. The van der Waals surface area contributed by atoms with Crippen molar-refractivity contribution in [1.82, 2.24) is 10.2 Å². The second-order valence-electron chi connectivity index (χ2n) is 6.81. The lowest BCUT2D eigenvalue weighted by Crippen LogP contribution is -2.44. The van der Waals surface area contributed by atoms with Gasteiger partial charge in [-0.25, -0.2) is 0 Å². The monoisotopic (exact) mass is 339 g/mol. The lowest BCUT2D eigenvalue weighted by atomic mass is 9.96. The smallest absolute Gasteiger partial charge is 0.234 e. The Bertz CT molecular complexity index is 761. The molecule has 1 fully saturated rings. The number of hydrogen-bond acceptors (Lipinski definition) is 3. The Hall–Kier alpha value is -2.40. The van der Waals surface area contributed by atoms with Crippen LogP contribution < -0.4 is 11.1 Å². The molecule has 2 aromatic rings. The highest BCUT2D eigenvalue weighted by atomic mass is 16.2. The van der Waals surface area contributed by atoms with E-state index in [2.05, 4.69) is 34.5 Å². The molecule has 5 heteroatoms. The first-order valence-electron chi connectivity index (χ1n) is 8.83. The maximum atomic E-state index is 12.4. The molecule has 0 bridgehead atoms. The van der Waals surface area contributed by atoms with Gasteiger partial charge in [-0.1, -0.05) is 42.5 Å². The molecule has 2 aromatic carbocycles. The third-order valence-corrected chi connectivity index (χ3v) is 5.02. The third-order valence-electron chi connectivity index (χ3n) is 5.02. The summed E-state index contributed by atoms with van der Waals surface area (Å²) in [4.78, 5) is 25.7. The van der Waals surface area contributed by atoms with Crippen LogP contribution in [0.2, 0.25) is 0 Å². The number of piperidine rings is 1. The van der Waals surface area contributed by atoms with Crippen LogP contribution in [0.3, 0.4) is 0 Å². The second-order valence-corrected chi connectivity index (χ2v) is 6.81. The van der Waals surface area contributed by atoms with Crippen molar-refractivity contribution < 1.29 is 9.59 Å². The molecule has 0 aromatic heterocycles. The Morgan fingerprint density at radius 2 is 1.84 bits per heavy atom. The van der Waals surface area contributed by atoms with Crippen LogP contribution in [0.5, 0.6) is 0 Å². The lowest BCUT2D eigenvalue weighted by molar-refractivity contribution is -0.124. The van der Waals surface area contributed by atoms with E-state index in [0.717, 1.165) is 31.5 Å². The summed E-state index contributed by atoms with van der Waals surface area (Å²) in [7, 11) is 0. The van der Waals surface area contributed by atoms with Crippen molar-refractivity contribution in [3.8, 4) is 0 Å². The molecule has 3 rings (SSSR count). The van der Waals surface area contributed by atoms with Crippen molar-refractivity contribution in [2.45, 2.75) is 25.8 Å². The van der Waals surface area contributed by atoms with E-state index in [4.69, 9.17) is 5.73 Å². The summed E-state index contributed by atoms with van der Waals surface area (Å²) in [5, 5.41) is 5.44. The predicted octanol–water partition coefficient (Wildman–Crippen LogP) is 2.21. The fourth-order valence-corrected chi connectivity index (χ4v) is 3.57. The number of amides is 2. The van der Waals surface area contributed by atoms with Crippen LogP contribution in [0, 0.1) is 5.92 Å². The Balaban J connectivity index is 1.58. The summed E-state index contributed by atoms with van der Waals surface area (Å²) in [5.74, 6) is -0.263. The summed E-state index contributed by atoms with van der Waals surface area (Å²) in [6.07, 6.45) is 1.48. The summed E-state index contributed by atoms with van der Waals surface area (Å²) in [6.45, 7) is 3.85. The molecule has 5 nitrogen and oxygen atoms in total. The molecular weight excluding hydrogens is 314 g/mol. The highest BCUT2D eigenvalue weighted by molar-refractivity contribution is 5.87. The largest absolute Gasteiger partial charge is 0.369 e. The van der Waals surface area contributed by atoms with Crippen molar-refractivity contribution in [3.05, 3.63) is 48.0 Å². The third kappa shape index (κ3) is 4.17. The number of fused-ring (bicyclic) bond motifs is 1. The maximum absolute atomic E-state index is 12.4. The van der Waals surface area contributed by atoms with Crippen LogP contribution in [-0.4, -0.2) is 36.3 Å². The molecule has 25 heavy (non-hydrogen) atoms. The molecule has 1 atom stereocenters. The van der Waals surface area contributed by atoms with Gasteiger partial charge in [-0.3, -0.25) is 14.5 Å². The molecule has 1 aliphatic rings. The van der Waals surface area contributed by atoms with E-state index >= 15 is 0 Å². The fourth-order valence-electron chi connectivity index (χ4n) is 3.57. The summed E-state index contributed by atoms with van der Waals surface area (Å²) in [6, 6.07) is 14.3. The molecule has 1 unspecified atom stereocenters. The van der Waals surface area contributed by atoms with E-state index < -0.39 is 0 Å². The molecule has 1 heterocycles. The van der Waals surface area contributed by atoms with Crippen LogP contribution in [0.4, 0.5) is 0 Å². The van der Waals surface area contributed by atoms with Crippen molar-refractivity contribution in [2.75, 3.05) is 19.6 Å². The number of hydrogen-bond donors (Lipinski definition) is 2. The van der Waals surface area contributed by atoms with E-state index in [1.165, 1.54) is 10.8 Å². The molecule has 0 saturated carbocycles. The molecule has 3 N–H and O–H groups in total. The van der Waals surface area contributed by atoms with Gasteiger partial charge in [0.1, 0.15) is 0 Å². The number of nitrogens with one attached hydrogen (secondary N) is 1. The van der Waals surface area contributed by atoms with Gasteiger partial charge in [0, 0.05) is 5.92 Å². The van der Waals surface area contributed by atoms with Gasteiger partial charge in [0.2, 0.25) is 11.8 Å². The lowest BCUT2D eigenvalue weighted by Gasteiger charge is -2.30. The zero-order valence-electron chi connectivity index (χ0n) is 14.6. The van der Waals surface area contributed by atoms with E-state index in [1.54, 1.807) is 0 Å². The summed E-state index contributed by atoms with van der Waals surface area (Å²) < 4.78 is 0. The Morgan fingerprint density at radius 1 is 1.16 bits per heavy atom. The van der Waals surface area contributed by atoms with Crippen LogP contribution >= 0.6 is 0 Å². The Morgan fingerprint density at radius 3 is 2.56 bits per heavy atom. The number of nitrogens with zero attached hydrogens (tertiary/aromatic N) is 1.